The number of aromatic carboxylic acids is 1. The van der Waals surface area contributed by atoms with Gasteiger partial charge in [-0.2, -0.15) is 0 Å². The summed E-state index contributed by atoms with van der Waals surface area (Å²) < 4.78 is 24.3. The van der Waals surface area contributed by atoms with Gasteiger partial charge in [-0.3, -0.25) is 0 Å². The minimum atomic E-state index is -3.84. The van der Waals surface area contributed by atoms with Crippen LogP contribution in [-0.2, 0) is 10.0 Å². The molecule has 0 fully saturated rings. The van der Waals surface area contributed by atoms with Crippen LogP contribution in [0.4, 0.5) is 0 Å². The number of carbonyl (C=O) groups is 1. The van der Waals surface area contributed by atoms with E-state index in [9.17, 15) is 18.3 Å². The number of hydrogen-bond acceptors (Lipinski definition) is 3. The third-order valence-electron chi connectivity index (χ3n) is 3.15. The van der Waals surface area contributed by atoms with Gasteiger partial charge < -0.3 is 9.51 Å². The number of nitrogens with two attached hydrogens (primary N) is 1. The van der Waals surface area contributed by atoms with Crippen molar-refractivity contribution in [3.8, 4) is 0 Å². The van der Waals surface area contributed by atoms with Crippen molar-refractivity contribution in [1.29, 1.82) is 0 Å². The molecule has 0 radical (unpaired) electrons. The van der Waals surface area contributed by atoms with Crippen LogP contribution in [0.15, 0.2) is 47.5 Å². The van der Waals surface area contributed by atoms with E-state index in [1.807, 2.05) is 0 Å². The summed E-state index contributed by atoms with van der Waals surface area (Å²) in [5.41, 5.74) is 1.18. The average molecular weight is 290 g/mol. The summed E-state index contributed by atoms with van der Waals surface area (Å²) in [7, 11) is -3.84. The highest BCUT2D eigenvalue weighted by atomic mass is 32.2. The third-order valence-corrected chi connectivity index (χ3v) is 4.05. The maximum Gasteiger partial charge on any atom is 0.338 e. The van der Waals surface area contributed by atoms with E-state index < -0.39 is 16.0 Å². The number of rotatable bonds is 2. The molecule has 0 amide bonds. The Morgan fingerprint density at radius 3 is 2.45 bits per heavy atom. The zero-order valence-corrected chi connectivity index (χ0v) is 11.0. The lowest BCUT2D eigenvalue weighted by atomic mass is 10.1. The molecular formula is C13H10N2O4S. The Kier molecular flexibility index (Phi) is 2.56. The Balaban J connectivity index is 2.54. The van der Waals surface area contributed by atoms with Crippen molar-refractivity contribution in [3.05, 3.63) is 48.2 Å². The second-order valence-electron chi connectivity index (χ2n) is 4.36. The summed E-state index contributed by atoms with van der Waals surface area (Å²) in [6.45, 7) is 0. The van der Waals surface area contributed by atoms with Gasteiger partial charge >= 0.3 is 5.97 Å². The van der Waals surface area contributed by atoms with Crippen LogP contribution in [0.2, 0.25) is 0 Å². The van der Waals surface area contributed by atoms with Crippen LogP contribution < -0.4 is 5.14 Å². The third kappa shape index (κ3) is 1.75. The Bertz CT molecular complexity index is 957. The van der Waals surface area contributed by atoms with Gasteiger partial charge in [-0.15, -0.1) is 0 Å². The Labute approximate surface area is 114 Å². The number of benzene rings is 1. The average Bonchev–Trinajstić information content (AvgIpc) is 2.71. The highest BCUT2D eigenvalue weighted by Gasteiger charge is 2.18. The molecule has 102 valence electrons. The van der Waals surface area contributed by atoms with Crippen molar-refractivity contribution in [2.24, 2.45) is 5.14 Å². The summed E-state index contributed by atoms with van der Waals surface area (Å²) >= 11 is 0. The number of aromatic nitrogens is 1. The molecule has 3 N–H and O–H groups in total. The predicted octanol–water partition coefficient (Wildman–Crippen LogP) is 1.44. The molecule has 20 heavy (non-hydrogen) atoms. The first-order chi connectivity index (χ1) is 9.39. The van der Waals surface area contributed by atoms with Gasteiger partial charge in [0, 0.05) is 11.6 Å². The molecular weight excluding hydrogens is 280 g/mol. The molecule has 3 aromatic rings. The highest BCUT2D eigenvalue weighted by Crippen LogP contribution is 2.27. The van der Waals surface area contributed by atoms with E-state index in [0.717, 1.165) is 0 Å². The summed E-state index contributed by atoms with van der Waals surface area (Å²) in [5, 5.41) is 15.0. The molecule has 0 aliphatic heterocycles. The van der Waals surface area contributed by atoms with E-state index in [-0.39, 0.29) is 10.5 Å². The maximum atomic E-state index is 11.4. The van der Waals surface area contributed by atoms with Crippen molar-refractivity contribution in [2.45, 2.75) is 4.90 Å². The van der Waals surface area contributed by atoms with Gasteiger partial charge in [0.25, 0.3) is 0 Å². The normalized spacial score (nSPS) is 12.1. The van der Waals surface area contributed by atoms with Gasteiger partial charge in [0.2, 0.25) is 10.0 Å². The first kappa shape index (κ1) is 12.6. The molecule has 0 saturated carbocycles. The fraction of sp³-hybridized carbons (Fsp3) is 0. The van der Waals surface area contributed by atoms with E-state index in [1.54, 1.807) is 24.3 Å². The number of carboxylic acid groups (broad SMARTS) is 1. The van der Waals surface area contributed by atoms with Gasteiger partial charge in [0.05, 0.1) is 21.5 Å². The number of nitrogens with zero attached hydrogens (tertiary/aromatic N) is 1. The molecule has 0 bridgehead atoms. The Morgan fingerprint density at radius 1 is 1.10 bits per heavy atom. The molecule has 0 aliphatic rings. The first-order valence-corrected chi connectivity index (χ1v) is 7.23. The summed E-state index contributed by atoms with van der Waals surface area (Å²) in [6, 6.07) is 9.64. The number of sulfonamides is 1. The summed E-state index contributed by atoms with van der Waals surface area (Å²) in [4.78, 5) is 11.3. The molecule has 0 spiro atoms. The topological polar surface area (TPSA) is 102 Å². The van der Waals surface area contributed by atoms with Gasteiger partial charge in [0.1, 0.15) is 0 Å². The minimum absolute atomic E-state index is 0.0670. The first-order valence-electron chi connectivity index (χ1n) is 5.68. The van der Waals surface area contributed by atoms with Crippen molar-refractivity contribution in [1.82, 2.24) is 4.40 Å². The van der Waals surface area contributed by atoms with Crippen LogP contribution in [-0.4, -0.2) is 23.9 Å². The SMILES string of the molecule is NS(=O)(=O)c1ccc2c(C(=O)O)c3ccccc3n2c1. The fourth-order valence-electron chi connectivity index (χ4n) is 2.31. The smallest absolute Gasteiger partial charge is 0.338 e. The minimum Gasteiger partial charge on any atom is -0.478 e. The second-order valence-corrected chi connectivity index (χ2v) is 5.92. The lowest BCUT2D eigenvalue weighted by molar-refractivity contribution is 0.0701. The van der Waals surface area contributed by atoms with Gasteiger partial charge in [0.15, 0.2) is 0 Å². The Morgan fingerprint density at radius 2 is 1.80 bits per heavy atom. The van der Waals surface area contributed by atoms with Crippen LogP contribution in [0.5, 0.6) is 0 Å². The second kappa shape index (κ2) is 4.06. The number of para-hydroxylation sites is 1. The number of primary sulfonamides is 1. The molecule has 2 aromatic heterocycles. The van der Waals surface area contributed by atoms with Crippen LogP contribution >= 0.6 is 0 Å². The predicted molar refractivity (Wildman–Crippen MR) is 73.2 cm³/mol. The van der Waals surface area contributed by atoms with E-state index in [2.05, 4.69) is 0 Å². The molecule has 3 rings (SSSR count). The van der Waals surface area contributed by atoms with Crippen LogP contribution in [0.1, 0.15) is 10.4 Å². The molecule has 6 nitrogen and oxygen atoms in total. The number of carboxylic acids is 1. The maximum absolute atomic E-state index is 11.4. The molecule has 2 heterocycles. The zero-order valence-electron chi connectivity index (χ0n) is 10.1. The van der Waals surface area contributed by atoms with Crippen LogP contribution in [0.25, 0.3) is 16.4 Å². The molecule has 0 atom stereocenters. The lowest BCUT2D eigenvalue weighted by Gasteiger charge is -2.01. The summed E-state index contributed by atoms with van der Waals surface area (Å²) in [5.74, 6) is -1.06. The molecule has 7 heteroatoms. The Hall–Kier alpha value is -2.38. The molecule has 1 aromatic carbocycles. The van der Waals surface area contributed by atoms with E-state index in [1.165, 1.54) is 22.7 Å². The van der Waals surface area contributed by atoms with E-state index in [4.69, 9.17) is 5.14 Å². The molecule has 0 aliphatic carbocycles. The van der Waals surface area contributed by atoms with Crippen LogP contribution in [0.3, 0.4) is 0 Å². The molecule has 0 saturated heterocycles. The monoisotopic (exact) mass is 290 g/mol. The van der Waals surface area contributed by atoms with Gasteiger partial charge in [-0.25, -0.2) is 18.4 Å². The zero-order chi connectivity index (χ0) is 14.5. The van der Waals surface area contributed by atoms with Crippen molar-refractivity contribution in [3.63, 3.8) is 0 Å². The van der Waals surface area contributed by atoms with Crippen molar-refractivity contribution < 1.29 is 18.3 Å². The summed E-state index contributed by atoms with van der Waals surface area (Å²) in [6.07, 6.45) is 1.33. The standard InChI is InChI=1S/C13H10N2O4S/c14-20(18,19)8-5-6-11-12(13(16)17)9-3-1-2-4-10(9)15(11)7-8/h1-7H,(H,16,17)(H2,14,18,19). The van der Waals surface area contributed by atoms with Crippen molar-refractivity contribution >= 4 is 32.4 Å². The van der Waals surface area contributed by atoms with E-state index >= 15 is 0 Å². The van der Waals surface area contributed by atoms with Gasteiger partial charge in [-0.1, -0.05) is 18.2 Å². The van der Waals surface area contributed by atoms with Crippen molar-refractivity contribution in [2.75, 3.05) is 0 Å². The fourth-order valence-corrected chi connectivity index (χ4v) is 2.82. The number of fused-ring (bicyclic) bond motifs is 3. The van der Waals surface area contributed by atoms with E-state index in [0.29, 0.717) is 16.4 Å². The number of pyridine rings is 1. The van der Waals surface area contributed by atoms with Gasteiger partial charge in [-0.05, 0) is 18.2 Å². The largest absolute Gasteiger partial charge is 0.478 e. The number of hydrogen-bond donors (Lipinski definition) is 2. The highest BCUT2D eigenvalue weighted by molar-refractivity contribution is 7.89. The quantitative estimate of drug-likeness (QED) is 0.745. The van der Waals surface area contributed by atoms with Crippen LogP contribution in [0, 0.1) is 0 Å². The molecule has 0 unspecified atom stereocenters. The lowest BCUT2D eigenvalue weighted by Crippen LogP contribution is -2.12.